The molecule has 0 aliphatic carbocycles. The maximum atomic E-state index is 8.77. The summed E-state index contributed by atoms with van der Waals surface area (Å²) in [5, 5.41) is 13.0. The molecule has 1 heterocycles. The fourth-order valence-corrected chi connectivity index (χ4v) is 2.28. The van der Waals surface area contributed by atoms with Crippen molar-refractivity contribution in [2.45, 2.75) is 13.8 Å². The first-order valence-electron chi connectivity index (χ1n) is 6.73. The molecule has 0 saturated heterocycles. The van der Waals surface area contributed by atoms with Gasteiger partial charge in [-0.1, -0.05) is 30.3 Å². The number of fused-ring (bicyclic) bond motifs is 1. The number of rotatable bonds is 5. The minimum Gasteiger partial charge on any atom is -0.409 e. The van der Waals surface area contributed by atoms with E-state index in [0.717, 1.165) is 23.1 Å². The summed E-state index contributed by atoms with van der Waals surface area (Å²) in [5.74, 6) is 0.230. The number of amidine groups is 1. The van der Waals surface area contributed by atoms with Crippen molar-refractivity contribution >= 4 is 22.4 Å². The van der Waals surface area contributed by atoms with Gasteiger partial charge in [0.15, 0.2) is 0 Å². The third kappa shape index (κ3) is 2.82. The van der Waals surface area contributed by atoms with Crippen LogP contribution in [-0.2, 0) is 0 Å². The lowest BCUT2D eigenvalue weighted by Crippen LogP contribution is -2.35. The Hall–Kier alpha value is -2.30. The summed E-state index contributed by atoms with van der Waals surface area (Å²) in [5.41, 5.74) is 7.76. The number of benzene rings is 1. The quantitative estimate of drug-likeness (QED) is 0.379. The number of pyridine rings is 1. The first-order chi connectivity index (χ1) is 9.67. The number of aromatic nitrogens is 1. The van der Waals surface area contributed by atoms with Crippen LogP contribution in [0.3, 0.4) is 0 Å². The summed E-state index contributed by atoms with van der Waals surface area (Å²) < 4.78 is 0. The predicted octanol–water partition coefficient (Wildman–Crippen LogP) is 2.44. The molecule has 0 bridgehead atoms. The number of anilines is 1. The summed E-state index contributed by atoms with van der Waals surface area (Å²) in [6, 6.07) is 10.1. The number of oxime groups is 1. The van der Waals surface area contributed by atoms with Gasteiger partial charge in [0.1, 0.15) is 5.84 Å². The highest BCUT2D eigenvalue weighted by Crippen LogP contribution is 2.25. The molecule has 0 saturated carbocycles. The number of nitrogens with zero attached hydrogens (tertiary/aromatic N) is 3. The third-order valence-corrected chi connectivity index (χ3v) is 3.46. The van der Waals surface area contributed by atoms with Gasteiger partial charge >= 0.3 is 0 Å². The van der Waals surface area contributed by atoms with Crippen LogP contribution in [0.15, 0.2) is 41.7 Å². The Morgan fingerprint density at radius 1 is 1.40 bits per heavy atom. The van der Waals surface area contributed by atoms with Gasteiger partial charge in [-0.15, -0.1) is 0 Å². The van der Waals surface area contributed by atoms with Gasteiger partial charge in [-0.05, 0) is 19.1 Å². The second kappa shape index (κ2) is 6.23. The van der Waals surface area contributed by atoms with E-state index in [1.54, 1.807) is 0 Å². The maximum absolute atomic E-state index is 8.77. The van der Waals surface area contributed by atoms with E-state index in [0.29, 0.717) is 6.54 Å². The fourth-order valence-electron chi connectivity index (χ4n) is 2.28. The van der Waals surface area contributed by atoms with E-state index < -0.39 is 0 Å². The molecule has 5 heteroatoms. The van der Waals surface area contributed by atoms with E-state index in [1.807, 2.05) is 37.4 Å². The number of hydrogen-bond donors (Lipinski definition) is 2. The lowest BCUT2D eigenvalue weighted by Gasteiger charge is -2.27. The van der Waals surface area contributed by atoms with E-state index in [1.165, 1.54) is 0 Å². The van der Waals surface area contributed by atoms with Crippen LogP contribution in [-0.4, -0.2) is 29.1 Å². The monoisotopic (exact) mass is 272 g/mol. The van der Waals surface area contributed by atoms with Crippen LogP contribution in [0.5, 0.6) is 0 Å². The molecule has 1 atom stereocenters. The topological polar surface area (TPSA) is 74.7 Å². The van der Waals surface area contributed by atoms with Crippen molar-refractivity contribution < 1.29 is 5.21 Å². The van der Waals surface area contributed by atoms with Crippen molar-refractivity contribution in [3.05, 3.63) is 36.5 Å². The van der Waals surface area contributed by atoms with Crippen LogP contribution in [0.2, 0.25) is 0 Å². The number of para-hydroxylation sites is 1. The molecular formula is C15H20N4O. The molecule has 1 aromatic carbocycles. The maximum Gasteiger partial charge on any atom is 0.143 e. The Morgan fingerprint density at radius 3 is 2.85 bits per heavy atom. The van der Waals surface area contributed by atoms with Crippen LogP contribution in [0.1, 0.15) is 13.8 Å². The van der Waals surface area contributed by atoms with E-state index >= 15 is 0 Å². The molecule has 1 aromatic heterocycles. The van der Waals surface area contributed by atoms with Crippen LogP contribution in [0.4, 0.5) is 5.69 Å². The molecule has 2 rings (SSSR count). The first-order valence-corrected chi connectivity index (χ1v) is 6.73. The molecular weight excluding hydrogens is 252 g/mol. The summed E-state index contributed by atoms with van der Waals surface area (Å²) in [7, 11) is 0. The third-order valence-electron chi connectivity index (χ3n) is 3.46. The number of hydrogen-bond acceptors (Lipinski definition) is 4. The van der Waals surface area contributed by atoms with Crippen molar-refractivity contribution in [3.63, 3.8) is 0 Å². The van der Waals surface area contributed by atoms with Crippen molar-refractivity contribution in [1.29, 1.82) is 0 Å². The minimum absolute atomic E-state index is 0.0214. The highest BCUT2D eigenvalue weighted by molar-refractivity contribution is 5.91. The van der Waals surface area contributed by atoms with E-state index in [9.17, 15) is 0 Å². The molecule has 0 fully saturated rings. The van der Waals surface area contributed by atoms with E-state index in [4.69, 9.17) is 10.9 Å². The standard InChI is InChI=1S/C15H20N4O/c1-3-19(10-11(2)15(16)18-20)14-8-9-17-13-7-5-4-6-12(13)14/h4-9,11,20H,3,10H2,1-2H3,(H2,16,18). The molecule has 2 aromatic rings. The summed E-state index contributed by atoms with van der Waals surface area (Å²) >= 11 is 0. The first kappa shape index (κ1) is 14.1. The smallest absolute Gasteiger partial charge is 0.143 e. The van der Waals surface area contributed by atoms with E-state index in [2.05, 4.69) is 28.0 Å². The van der Waals surface area contributed by atoms with Gasteiger partial charge in [0.2, 0.25) is 0 Å². The molecule has 0 spiro atoms. The van der Waals surface area contributed by atoms with Crippen molar-refractivity contribution in [2.75, 3.05) is 18.0 Å². The Kier molecular flexibility index (Phi) is 4.40. The van der Waals surface area contributed by atoms with Gasteiger partial charge < -0.3 is 15.8 Å². The molecule has 0 amide bonds. The summed E-state index contributed by atoms with van der Waals surface area (Å²) in [6.07, 6.45) is 1.81. The van der Waals surface area contributed by atoms with Crippen molar-refractivity contribution in [3.8, 4) is 0 Å². The Morgan fingerprint density at radius 2 is 2.15 bits per heavy atom. The van der Waals surface area contributed by atoms with Crippen LogP contribution < -0.4 is 10.6 Å². The molecule has 1 unspecified atom stereocenters. The van der Waals surface area contributed by atoms with Gasteiger partial charge in [-0.25, -0.2) is 0 Å². The zero-order valence-corrected chi connectivity index (χ0v) is 11.8. The predicted molar refractivity (Wildman–Crippen MR) is 82.2 cm³/mol. The largest absolute Gasteiger partial charge is 0.409 e. The van der Waals surface area contributed by atoms with Crippen LogP contribution in [0, 0.1) is 5.92 Å². The molecule has 5 nitrogen and oxygen atoms in total. The van der Waals surface area contributed by atoms with Gasteiger partial charge in [0.05, 0.1) is 5.52 Å². The lowest BCUT2D eigenvalue weighted by atomic mass is 10.1. The van der Waals surface area contributed by atoms with Gasteiger partial charge in [-0.2, -0.15) is 0 Å². The SMILES string of the molecule is CCN(CC(C)C(N)=NO)c1ccnc2ccccc12. The van der Waals surface area contributed by atoms with Crippen molar-refractivity contribution in [1.82, 2.24) is 4.98 Å². The van der Waals surface area contributed by atoms with Gasteiger partial charge in [0, 0.05) is 36.3 Å². The van der Waals surface area contributed by atoms with Crippen LogP contribution >= 0.6 is 0 Å². The minimum atomic E-state index is -0.0214. The molecule has 3 N–H and O–H groups in total. The fraction of sp³-hybridized carbons (Fsp3) is 0.333. The highest BCUT2D eigenvalue weighted by atomic mass is 16.4. The summed E-state index contributed by atoms with van der Waals surface area (Å²) in [4.78, 5) is 6.59. The molecule has 0 aliphatic heterocycles. The van der Waals surface area contributed by atoms with E-state index in [-0.39, 0.29) is 11.8 Å². The average molecular weight is 272 g/mol. The molecule has 0 radical (unpaired) electrons. The Labute approximate surface area is 118 Å². The zero-order valence-electron chi connectivity index (χ0n) is 11.8. The second-order valence-corrected chi connectivity index (χ2v) is 4.81. The van der Waals surface area contributed by atoms with Crippen molar-refractivity contribution in [2.24, 2.45) is 16.8 Å². The van der Waals surface area contributed by atoms with Gasteiger partial charge in [0.25, 0.3) is 0 Å². The van der Waals surface area contributed by atoms with Gasteiger partial charge in [-0.3, -0.25) is 4.98 Å². The lowest BCUT2D eigenvalue weighted by molar-refractivity contribution is 0.314. The molecule has 0 aliphatic rings. The highest BCUT2D eigenvalue weighted by Gasteiger charge is 2.15. The molecule has 20 heavy (non-hydrogen) atoms. The molecule has 106 valence electrons. The number of nitrogens with two attached hydrogens (primary N) is 1. The summed E-state index contributed by atoms with van der Waals surface area (Å²) in [6.45, 7) is 5.58. The zero-order chi connectivity index (χ0) is 14.5. The second-order valence-electron chi connectivity index (χ2n) is 4.81. The van der Waals surface area contributed by atoms with Crippen LogP contribution in [0.25, 0.3) is 10.9 Å². The normalized spacial score (nSPS) is 13.4. The Bertz CT molecular complexity index is 606. The Balaban J connectivity index is 2.35. The average Bonchev–Trinajstić information content (AvgIpc) is 2.51.